The fraction of sp³-hybridized carbons (Fsp3) is 0.889. The van der Waals surface area contributed by atoms with E-state index < -0.39 is 43.4 Å². The molecule has 7 nitrogen and oxygen atoms in total. The zero-order chi connectivity index (χ0) is 14.6. The van der Waals surface area contributed by atoms with Crippen molar-refractivity contribution in [3.05, 3.63) is 0 Å². The summed E-state index contributed by atoms with van der Waals surface area (Å²) in [6, 6.07) is -1.01. The van der Waals surface area contributed by atoms with E-state index in [2.05, 4.69) is 9.46 Å². The van der Waals surface area contributed by atoms with E-state index in [4.69, 9.17) is 0 Å². The molecule has 1 unspecified atom stereocenters. The van der Waals surface area contributed by atoms with Crippen LogP contribution < -0.4 is 4.72 Å². The fourth-order valence-corrected chi connectivity index (χ4v) is 4.06. The third-order valence-electron chi connectivity index (χ3n) is 2.15. The molecule has 0 rings (SSSR count). The summed E-state index contributed by atoms with van der Waals surface area (Å²) in [7, 11) is -6.06. The monoisotopic (exact) mass is 301 g/mol. The van der Waals surface area contributed by atoms with E-state index in [0.717, 1.165) is 13.4 Å². The Morgan fingerprint density at radius 1 is 1.17 bits per heavy atom. The number of hydrogen-bond donors (Lipinski definition) is 1. The van der Waals surface area contributed by atoms with Gasteiger partial charge in [0.25, 0.3) is 0 Å². The molecule has 0 saturated carbocycles. The molecular weight excluding hydrogens is 282 g/mol. The van der Waals surface area contributed by atoms with Crippen molar-refractivity contribution in [3.8, 4) is 0 Å². The van der Waals surface area contributed by atoms with Crippen LogP contribution in [0.2, 0.25) is 0 Å². The summed E-state index contributed by atoms with van der Waals surface area (Å²) in [6.07, 6.45) is 0.947. The third kappa shape index (κ3) is 6.92. The van der Waals surface area contributed by atoms with Crippen molar-refractivity contribution in [1.29, 1.82) is 0 Å². The van der Waals surface area contributed by atoms with Gasteiger partial charge in [0.15, 0.2) is 0 Å². The molecule has 18 heavy (non-hydrogen) atoms. The summed E-state index contributed by atoms with van der Waals surface area (Å²) >= 11 is 0. The minimum absolute atomic E-state index is 0.301. The predicted molar refractivity (Wildman–Crippen MR) is 67.3 cm³/mol. The Labute approximate surface area is 108 Å². The summed E-state index contributed by atoms with van der Waals surface area (Å²) in [6.45, 7) is 3.31. The van der Waals surface area contributed by atoms with Crippen molar-refractivity contribution in [1.82, 2.24) is 4.72 Å². The van der Waals surface area contributed by atoms with Crippen molar-refractivity contribution < 1.29 is 26.4 Å². The van der Waals surface area contributed by atoms with Crippen molar-refractivity contribution in [3.63, 3.8) is 0 Å². The van der Waals surface area contributed by atoms with Crippen molar-refractivity contribution >= 4 is 25.8 Å². The van der Waals surface area contributed by atoms with Gasteiger partial charge in [-0.25, -0.2) is 21.6 Å². The first-order chi connectivity index (χ1) is 7.98. The molecule has 0 aromatic rings. The molecule has 0 spiro atoms. The minimum atomic E-state index is -3.84. The molecule has 9 heteroatoms. The number of hydrogen-bond acceptors (Lipinski definition) is 6. The van der Waals surface area contributed by atoms with E-state index in [-0.39, 0.29) is 5.92 Å². The Morgan fingerprint density at radius 3 is 2.00 bits per heavy atom. The molecule has 1 N–H and O–H groups in total. The number of carbonyl (C=O) groups is 1. The average Bonchev–Trinajstić information content (AvgIpc) is 2.21. The lowest BCUT2D eigenvalue weighted by molar-refractivity contribution is -0.143. The maximum absolute atomic E-state index is 11.6. The van der Waals surface area contributed by atoms with Gasteiger partial charge < -0.3 is 4.74 Å². The highest BCUT2D eigenvalue weighted by Gasteiger charge is 2.28. The first kappa shape index (κ1) is 17.3. The van der Waals surface area contributed by atoms with E-state index in [1.54, 1.807) is 13.8 Å². The average molecular weight is 301 g/mol. The van der Waals surface area contributed by atoms with Crippen LogP contribution in [-0.2, 0) is 29.4 Å². The number of nitrogens with one attached hydrogen (secondary N) is 1. The lowest BCUT2D eigenvalue weighted by Crippen LogP contribution is -2.46. The van der Waals surface area contributed by atoms with Gasteiger partial charge >= 0.3 is 5.97 Å². The maximum atomic E-state index is 11.6. The van der Waals surface area contributed by atoms with Crippen LogP contribution in [0.4, 0.5) is 0 Å². The topological polar surface area (TPSA) is 107 Å². The quantitative estimate of drug-likeness (QED) is 0.614. The van der Waals surface area contributed by atoms with Crippen LogP contribution in [0, 0.1) is 5.92 Å². The molecular formula is C9H19NO6S2. The summed E-state index contributed by atoms with van der Waals surface area (Å²) in [4.78, 5) is 11.4. The molecule has 108 valence electrons. The number of carbonyl (C=O) groups excluding carboxylic acids is 1. The SMILES string of the molecule is COC(=O)C(NS(=O)(=O)CCS(C)(=O)=O)C(C)C. The van der Waals surface area contributed by atoms with Gasteiger partial charge in [-0.2, -0.15) is 0 Å². The first-order valence-electron chi connectivity index (χ1n) is 5.24. The molecule has 0 saturated heterocycles. The van der Waals surface area contributed by atoms with E-state index in [0.29, 0.717) is 0 Å². The largest absolute Gasteiger partial charge is 0.468 e. The summed E-state index contributed by atoms with van der Waals surface area (Å²) in [5.41, 5.74) is 0. The Hall–Kier alpha value is -0.670. The summed E-state index contributed by atoms with van der Waals surface area (Å²) in [5, 5.41) is 0. The highest BCUT2D eigenvalue weighted by atomic mass is 32.2. The number of esters is 1. The molecule has 0 aromatic carbocycles. The van der Waals surface area contributed by atoms with Crippen LogP contribution in [0.3, 0.4) is 0 Å². The van der Waals surface area contributed by atoms with Crippen LogP contribution >= 0.6 is 0 Å². The number of rotatable bonds is 7. The van der Waals surface area contributed by atoms with Gasteiger partial charge in [-0.15, -0.1) is 0 Å². The molecule has 0 fully saturated rings. The van der Waals surface area contributed by atoms with E-state index >= 15 is 0 Å². The standard InChI is InChI=1S/C9H19NO6S2/c1-7(2)8(9(11)16-3)10-18(14,15)6-5-17(4,12)13/h7-8,10H,5-6H2,1-4H3. The minimum Gasteiger partial charge on any atom is -0.468 e. The van der Waals surface area contributed by atoms with Crippen LogP contribution in [-0.4, -0.2) is 53.7 Å². The number of methoxy groups -OCH3 is 1. The Balaban J connectivity index is 4.78. The molecule has 0 aliphatic rings. The highest BCUT2D eigenvalue weighted by molar-refractivity contribution is 7.93. The van der Waals surface area contributed by atoms with E-state index in [9.17, 15) is 21.6 Å². The lowest BCUT2D eigenvalue weighted by atomic mass is 10.1. The third-order valence-corrected chi connectivity index (χ3v) is 4.71. The van der Waals surface area contributed by atoms with Gasteiger partial charge in [0.2, 0.25) is 10.0 Å². The number of sulfonamides is 1. The van der Waals surface area contributed by atoms with E-state index in [1.165, 1.54) is 0 Å². The molecule has 0 aliphatic heterocycles. The van der Waals surface area contributed by atoms with Crippen molar-refractivity contribution in [2.75, 3.05) is 24.9 Å². The van der Waals surface area contributed by atoms with Gasteiger partial charge in [-0.3, -0.25) is 4.79 Å². The van der Waals surface area contributed by atoms with Crippen LogP contribution in [0.15, 0.2) is 0 Å². The van der Waals surface area contributed by atoms with Crippen LogP contribution in [0.5, 0.6) is 0 Å². The first-order valence-corrected chi connectivity index (χ1v) is 8.95. The van der Waals surface area contributed by atoms with Crippen LogP contribution in [0.1, 0.15) is 13.8 Å². The molecule has 0 aromatic heterocycles. The second kappa shape index (κ2) is 6.48. The molecule has 0 heterocycles. The Bertz CT molecular complexity index is 479. The molecule has 0 radical (unpaired) electrons. The molecule has 1 atom stereocenters. The highest BCUT2D eigenvalue weighted by Crippen LogP contribution is 2.05. The zero-order valence-electron chi connectivity index (χ0n) is 10.8. The van der Waals surface area contributed by atoms with Gasteiger partial charge in [-0.1, -0.05) is 13.8 Å². The fourth-order valence-electron chi connectivity index (χ4n) is 1.10. The van der Waals surface area contributed by atoms with Crippen LogP contribution in [0.25, 0.3) is 0 Å². The maximum Gasteiger partial charge on any atom is 0.324 e. The molecule has 0 aliphatic carbocycles. The zero-order valence-corrected chi connectivity index (χ0v) is 12.5. The molecule has 0 amide bonds. The summed E-state index contributed by atoms with van der Waals surface area (Å²) in [5.74, 6) is -2.07. The normalized spacial score (nSPS) is 14.5. The van der Waals surface area contributed by atoms with Gasteiger partial charge in [0.1, 0.15) is 15.9 Å². The van der Waals surface area contributed by atoms with Crippen molar-refractivity contribution in [2.45, 2.75) is 19.9 Å². The van der Waals surface area contributed by atoms with Gasteiger partial charge in [-0.05, 0) is 5.92 Å². The second-order valence-electron chi connectivity index (χ2n) is 4.31. The smallest absolute Gasteiger partial charge is 0.324 e. The van der Waals surface area contributed by atoms with Crippen molar-refractivity contribution in [2.24, 2.45) is 5.92 Å². The Morgan fingerprint density at radius 2 is 1.67 bits per heavy atom. The molecule has 0 bridgehead atoms. The second-order valence-corrected chi connectivity index (χ2v) is 8.44. The van der Waals surface area contributed by atoms with E-state index in [1.807, 2.05) is 0 Å². The summed E-state index contributed by atoms with van der Waals surface area (Å²) < 4.78 is 51.7. The number of ether oxygens (including phenoxy) is 1. The Kier molecular flexibility index (Phi) is 6.24. The lowest BCUT2D eigenvalue weighted by Gasteiger charge is -2.19. The predicted octanol–water partition coefficient (Wildman–Crippen LogP) is -0.852. The van der Waals surface area contributed by atoms with Gasteiger partial charge in [0, 0.05) is 6.26 Å². The van der Waals surface area contributed by atoms with Gasteiger partial charge in [0.05, 0.1) is 18.6 Å². The number of sulfone groups is 1.